The smallest absolute Gasteiger partial charge is 0.221 e. The number of nitrogens with zero attached hydrogens (tertiary/aromatic N) is 2. The van der Waals surface area contributed by atoms with Crippen LogP contribution in [0.2, 0.25) is 0 Å². The van der Waals surface area contributed by atoms with E-state index in [1.54, 1.807) is 0 Å². The van der Waals surface area contributed by atoms with Gasteiger partial charge in [-0.1, -0.05) is 20.3 Å². The number of nitrogen functional groups attached to an aromatic ring is 1. The fraction of sp³-hybridized carbons (Fsp3) is 0.600. The van der Waals surface area contributed by atoms with Gasteiger partial charge in [0.15, 0.2) is 0 Å². The molecule has 1 rings (SSSR count). The Morgan fingerprint density at radius 3 is 2.80 bits per heavy atom. The molecule has 0 aliphatic rings. The largest absolute Gasteiger partial charge is 0.477 e. The van der Waals surface area contributed by atoms with Gasteiger partial charge >= 0.3 is 0 Å². The summed E-state index contributed by atoms with van der Waals surface area (Å²) >= 11 is 0. The van der Waals surface area contributed by atoms with E-state index in [1.165, 1.54) is 6.33 Å². The minimum atomic E-state index is 0.633. The van der Waals surface area contributed by atoms with E-state index in [0.29, 0.717) is 18.3 Å². The number of aromatic nitrogens is 2. The second-order valence-electron chi connectivity index (χ2n) is 3.21. The number of anilines is 1. The summed E-state index contributed by atoms with van der Waals surface area (Å²) in [4.78, 5) is 8.13. The minimum absolute atomic E-state index is 0.633. The molecule has 15 heavy (non-hydrogen) atoms. The van der Waals surface area contributed by atoms with E-state index in [9.17, 15) is 0 Å². The first kappa shape index (κ1) is 11.7. The van der Waals surface area contributed by atoms with Crippen molar-refractivity contribution in [2.24, 2.45) is 5.84 Å². The molecule has 5 heteroatoms. The molecule has 0 saturated carbocycles. The zero-order chi connectivity index (χ0) is 11.1. The van der Waals surface area contributed by atoms with E-state index >= 15 is 0 Å². The summed E-state index contributed by atoms with van der Waals surface area (Å²) in [5.41, 5.74) is 3.47. The van der Waals surface area contributed by atoms with Crippen molar-refractivity contribution in [1.29, 1.82) is 0 Å². The Balaban J connectivity index is 2.76. The van der Waals surface area contributed by atoms with Gasteiger partial charge in [-0.2, -0.15) is 0 Å². The average Bonchev–Trinajstić information content (AvgIpc) is 2.29. The molecule has 1 heterocycles. The van der Waals surface area contributed by atoms with Gasteiger partial charge in [-0.05, 0) is 12.8 Å². The van der Waals surface area contributed by atoms with Crippen molar-refractivity contribution < 1.29 is 4.74 Å². The molecule has 0 bridgehead atoms. The highest BCUT2D eigenvalue weighted by atomic mass is 16.5. The fourth-order valence-corrected chi connectivity index (χ4v) is 1.28. The molecule has 0 unspecified atom stereocenters. The molecule has 0 radical (unpaired) electrons. The van der Waals surface area contributed by atoms with Gasteiger partial charge in [-0.3, -0.25) is 0 Å². The van der Waals surface area contributed by atoms with Gasteiger partial charge in [0, 0.05) is 0 Å². The lowest BCUT2D eigenvalue weighted by atomic mass is 10.2. The number of hydrogen-bond donors (Lipinski definition) is 2. The summed E-state index contributed by atoms with van der Waals surface area (Å²) in [5.74, 6) is 6.63. The van der Waals surface area contributed by atoms with E-state index < -0.39 is 0 Å². The Hall–Kier alpha value is -1.36. The van der Waals surface area contributed by atoms with Crippen LogP contribution in [-0.4, -0.2) is 16.6 Å². The summed E-state index contributed by atoms with van der Waals surface area (Å²) in [6.07, 6.45) is 4.38. The van der Waals surface area contributed by atoms with Crippen molar-refractivity contribution in [2.45, 2.75) is 33.1 Å². The highest BCUT2D eigenvalue weighted by molar-refractivity contribution is 5.47. The standard InChI is InChI=1S/C10H18N4O/c1-3-5-6-15-10-8(4-2)9(14-11)12-7-13-10/h7H,3-6,11H2,1-2H3,(H,12,13,14). The Bertz CT molecular complexity index is 303. The number of unbranched alkanes of at least 4 members (excludes halogenated alkanes) is 1. The maximum absolute atomic E-state index is 5.56. The van der Waals surface area contributed by atoms with Crippen LogP contribution >= 0.6 is 0 Å². The van der Waals surface area contributed by atoms with Crippen molar-refractivity contribution in [3.05, 3.63) is 11.9 Å². The van der Waals surface area contributed by atoms with Crippen LogP contribution in [-0.2, 0) is 6.42 Å². The first-order valence-corrected chi connectivity index (χ1v) is 5.26. The van der Waals surface area contributed by atoms with Gasteiger partial charge in [0.2, 0.25) is 5.88 Å². The summed E-state index contributed by atoms with van der Waals surface area (Å²) in [5, 5.41) is 0. The maximum atomic E-state index is 5.56. The number of hydrogen-bond acceptors (Lipinski definition) is 5. The van der Waals surface area contributed by atoms with Gasteiger partial charge in [-0.25, -0.2) is 15.8 Å². The van der Waals surface area contributed by atoms with Crippen LogP contribution < -0.4 is 16.0 Å². The Morgan fingerprint density at radius 1 is 1.40 bits per heavy atom. The van der Waals surface area contributed by atoms with Crippen LogP contribution in [0.4, 0.5) is 5.82 Å². The zero-order valence-electron chi connectivity index (χ0n) is 9.29. The molecule has 0 spiro atoms. The van der Waals surface area contributed by atoms with Crippen LogP contribution in [0.5, 0.6) is 5.88 Å². The van der Waals surface area contributed by atoms with Gasteiger partial charge in [0.1, 0.15) is 12.1 Å². The molecule has 0 atom stereocenters. The van der Waals surface area contributed by atoms with Crippen LogP contribution in [0, 0.1) is 0 Å². The van der Waals surface area contributed by atoms with Crippen molar-refractivity contribution in [3.63, 3.8) is 0 Å². The monoisotopic (exact) mass is 210 g/mol. The minimum Gasteiger partial charge on any atom is -0.477 e. The summed E-state index contributed by atoms with van der Waals surface area (Å²) in [6, 6.07) is 0. The molecule has 0 fully saturated rings. The van der Waals surface area contributed by atoms with Crippen molar-refractivity contribution in [2.75, 3.05) is 12.0 Å². The van der Waals surface area contributed by atoms with Crippen molar-refractivity contribution in [1.82, 2.24) is 9.97 Å². The van der Waals surface area contributed by atoms with Gasteiger partial charge in [-0.15, -0.1) is 0 Å². The predicted molar refractivity (Wildman–Crippen MR) is 59.6 cm³/mol. The lowest BCUT2D eigenvalue weighted by Crippen LogP contribution is -2.13. The number of nitrogens with one attached hydrogen (secondary N) is 1. The summed E-state index contributed by atoms with van der Waals surface area (Å²) in [6.45, 7) is 4.83. The molecule has 0 amide bonds. The Labute approximate surface area is 90.0 Å². The molecule has 3 N–H and O–H groups in total. The van der Waals surface area contributed by atoms with Crippen molar-refractivity contribution >= 4 is 5.82 Å². The molecule has 1 aromatic rings. The molecule has 84 valence electrons. The lowest BCUT2D eigenvalue weighted by Gasteiger charge is -2.11. The zero-order valence-corrected chi connectivity index (χ0v) is 9.29. The van der Waals surface area contributed by atoms with E-state index in [4.69, 9.17) is 10.6 Å². The maximum Gasteiger partial charge on any atom is 0.221 e. The van der Waals surface area contributed by atoms with E-state index in [1.807, 2.05) is 6.92 Å². The van der Waals surface area contributed by atoms with Gasteiger partial charge < -0.3 is 10.2 Å². The highest BCUT2D eigenvalue weighted by Gasteiger charge is 2.09. The fourth-order valence-electron chi connectivity index (χ4n) is 1.28. The molecular weight excluding hydrogens is 192 g/mol. The quantitative estimate of drug-likeness (QED) is 0.423. The number of ether oxygens (including phenoxy) is 1. The van der Waals surface area contributed by atoms with Crippen LogP contribution in [0.3, 0.4) is 0 Å². The molecule has 0 aliphatic carbocycles. The third-order valence-electron chi connectivity index (χ3n) is 2.13. The van der Waals surface area contributed by atoms with Crippen molar-refractivity contribution in [3.8, 4) is 5.88 Å². The number of nitrogens with two attached hydrogens (primary N) is 1. The normalized spacial score (nSPS) is 10.1. The van der Waals surface area contributed by atoms with E-state index in [0.717, 1.165) is 24.8 Å². The predicted octanol–water partition coefficient (Wildman–Crippen LogP) is 1.50. The third-order valence-corrected chi connectivity index (χ3v) is 2.13. The van der Waals surface area contributed by atoms with Gasteiger partial charge in [0.25, 0.3) is 0 Å². The highest BCUT2D eigenvalue weighted by Crippen LogP contribution is 2.21. The molecule has 0 aromatic carbocycles. The number of rotatable bonds is 6. The lowest BCUT2D eigenvalue weighted by molar-refractivity contribution is 0.294. The van der Waals surface area contributed by atoms with E-state index in [-0.39, 0.29) is 0 Å². The second-order valence-corrected chi connectivity index (χ2v) is 3.21. The summed E-state index contributed by atoms with van der Waals surface area (Å²) in [7, 11) is 0. The van der Waals surface area contributed by atoms with E-state index in [2.05, 4.69) is 22.3 Å². The van der Waals surface area contributed by atoms with Crippen LogP contribution in [0.15, 0.2) is 6.33 Å². The first-order valence-electron chi connectivity index (χ1n) is 5.26. The first-order chi connectivity index (χ1) is 7.33. The molecule has 0 aliphatic heterocycles. The third kappa shape index (κ3) is 3.06. The Kier molecular flexibility index (Phi) is 4.83. The van der Waals surface area contributed by atoms with Crippen LogP contribution in [0.1, 0.15) is 32.3 Å². The average molecular weight is 210 g/mol. The topological polar surface area (TPSA) is 73.1 Å². The van der Waals surface area contributed by atoms with Crippen LogP contribution in [0.25, 0.3) is 0 Å². The second kappa shape index (κ2) is 6.19. The summed E-state index contributed by atoms with van der Waals surface area (Å²) < 4.78 is 5.56. The molecular formula is C10H18N4O. The number of hydrazine groups is 1. The van der Waals surface area contributed by atoms with Gasteiger partial charge in [0.05, 0.1) is 12.2 Å². The molecule has 5 nitrogen and oxygen atoms in total. The molecule has 0 saturated heterocycles. The molecule has 1 aromatic heterocycles. The SMILES string of the molecule is CCCCOc1ncnc(NN)c1CC. The Morgan fingerprint density at radius 2 is 2.20 bits per heavy atom.